The summed E-state index contributed by atoms with van der Waals surface area (Å²) in [4.78, 5) is 0. The van der Waals surface area contributed by atoms with Gasteiger partial charge in [-0.05, 0) is 181 Å². The smallest absolute Gasteiger partial charge is 0.307 e. The van der Waals surface area contributed by atoms with E-state index in [1.165, 1.54) is 0 Å². The largest absolute Gasteiger partial charge is 0.342 e. The van der Waals surface area contributed by atoms with Crippen LogP contribution in [0.15, 0.2) is 218 Å². The van der Waals surface area contributed by atoms with Gasteiger partial charge in [-0.1, -0.05) is 146 Å². The number of benzene rings is 12. The maximum Gasteiger partial charge on any atom is 0.342 e. The third kappa shape index (κ3) is 7.49. The molecule has 344 valence electrons. The van der Waals surface area contributed by atoms with Gasteiger partial charge in [0.1, 0.15) is 11.3 Å². The van der Waals surface area contributed by atoms with E-state index in [1.54, 1.807) is 0 Å². The summed E-state index contributed by atoms with van der Waals surface area (Å²) in [6, 6.07) is 76.0. The highest BCUT2D eigenvalue weighted by molar-refractivity contribution is 7.55. The van der Waals surface area contributed by atoms with Crippen LogP contribution in [0.5, 0.6) is 0 Å². The fourth-order valence-corrected chi connectivity index (χ4v) is 15.8. The number of hydrogen-bond donors (Lipinski definition) is 0. The summed E-state index contributed by atoms with van der Waals surface area (Å²) < 4.78 is 57.9. The first-order chi connectivity index (χ1) is 34.7. The fourth-order valence-electron chi connectivity index (χ4n) is 11.2. The van der Waals surface area contributed by atoms with Gasteiger partial charge in [-0.25, -0.2) is 0 Å². The van der Waals surface area contributed by atoms with Gasteiger partial charge in [0, 0.05) is 0 Å². The topological polar surface area (TPSA) is 71.1 Å². The van der Waals surface area contributed by atoms with Crippen molar-refractivity contribution in [2.24, 2.45) is 5.41 Å². The first-order valence-corrected chi connectivity index (χ1v) is 27.4. The SMILES string of the molecule is O=P1(C(c2ccc3cc4ccccc4cc3c2)c2ccc3cc4ccccc4cc3c2)OCC2(CO1)COP(=O)(C(c1ccc3cc4ccccc4cc3c1)c1ccc3cc4ccccc4cc3c1)OC2. The minimum absolute atomic E-state index is 0.0357. The molecular weight excluding hydrogens is 915 g/mol. The van der Waals surface area contributed by atoms with E-state index in [2.05, 4.69) is 194 Å². The predicted molar refractivity (Wildman–Crippen MR) is 291 cm³/mol. The summed E-state index contributed by atoms with van der Waals surface area (Å²) in [6.45, 7) is 0.143. The molecule has 0 N–H and O–H groups in total. The van der Waals surface area contributed by atoms with Gasteiger partial charge in [-0.3, -0.25) is 9.13 Å². The zero-order valence-corrected chi connectivity index (χ0v) is 40.4. The van der Waals surface area contributed by atoms with Gasteiger partial charge >= 0.3 is 15.2 Å². The Balaban J connectivity index is 0.809. The van der Waals surface area contributed by atoms with E-state index in [0.717, 1.165) is 108 Å². The Morgan fingerprint density at radius 1 is 0.268 bits per heavy atom. The Labute approximate surface area is 410 Å². The van der Waals surface area contributed by atoms with Crippen molar-refractivity contribution >= 4 is 101 Å². The van der Waals surface area contributed by atoms with E-state index in [0.29, 0.717) is 0 Å². The molecule has 2 aliphatic rings. The molecule has 71 heavy (non-hydrogen) atoms. The minimum atomic E-state index is -3.92. The molecule has 2 fully saturated rings. The molecule has 0 radical (unpaired) electrons. The molecule has 2 saturated heterocycles. The maximum absolute atomic E-state index is 15.7. The van der Waals surface area contributed by atoms with Crippen LogP contribution in [-0.4, -0.2) is 26.4 Å². The molecule has 0 unspecified atom stereocenters. The minimum Gasteiger partial charge on any atom is -0.307 e. The van der Waals surface area contributed by atoms with Crippen LogP contribution in [-0.2, 0) is 27.2 Å². The molecule has 0 atom stereocenters. The van der Waals surface area contributed by atoms with Crippen molar-refractivity contribution in [3.63, 3.8) is 0 Å². The molecule has 0 aromatic heterocycles. The third-order valence-electron chi connectivity index (χ3n) is 15.0. The molecule has 8 heteroatoms. The molecule has 0 bridgehead atoms. The van der Waals surface area contributed by atoms with Gasteiger partial charge in [0.15, 0.2) is 0 Å². The summed E-state index contributed by atoms with van der Waals surface area (Å²) in [7, 11) is -7.84. The predicted octanol–water partition coefficient (Wildman–Crippen LogP) is 17.3. The molecular formula is C63H46O6P2. The van der Waals surface area contributed by atoms with E-state index < -0.39 is 31.9 Å². The Hall–Kier alpha value is -6.98. The van der Waals surface area contributed by atoms with Gasteiger partial charge in [-0.15, -0.1) is 0 Å². The highest BCUT2D eigenvalue weighted by Gasteiger charge is 2.53. The van der Waals surface area contributed by atoms with E-state index in [1.807, 2.05) is 24.3 Å². The van der Waals surface area contributed by atoms with Crippen LogP contribution in [0.4, 0.5) is 0 Å². The second-order valence-corrected chi connectivity index (χ2v) is 23.9. The normalized spacial score (nSPS) is 20.8. The summed E-state index contributed by atoms with van der Waals surface area (Å²) in [5, 5.41) is 17.7. The monoisotopic (exact) mass is 960 g/mol. The molecule has 6 nitrogen and oxygen atoms in total. The van der Waals surface area contributed by atoms with Crippen molar-refractivity contribution in [2.75, 3.05) is 26.4 Å². The van der Waals surface area contributed by atoms with Crippen LogP contribution in [0.2, 0.25) is 0 Å². The van der Waals surface area contributed by atoms with Crippen LogP contribution < -0.4 is 0 Å². The zero-order valence-electron chi connectivity index (χ0n) is 38.6. The first kappa shape index (κ1) is 42.9. The van der Waals surface area contributed by atoms with Gasteiger partial charge in [0.25, 0.3) is 0 Å². The molecule has 0 aliphatic carbocycles. The number of rotatable bonds is 6. The molecule has 12 aromatic carbocycles. The first-order valence-electron chi connectivity index (χ1n) is 24.2. The highest BCUT2D eigenvalue weighted by atomic mass is 31.2. The van der Waals surface area contributed by atoms with E-state index in [4.69, 9.17) is 18.1 Å². The highest BCUT2D eigenvalue weighted by Crippen LogP contribution is 2.70. The third-order valence-corrected chi connectivity index (χ3v) is 19.4. The molecule has 14 rings (SSSR count). The van der Waals surface area contributed by atoms with Gasteiger partial charge < -0.3 is 18.1 Å². The Morgan fingerprint density at radius 2 is 0.465 bits per heavy atom. The lowest BCUT2D eigenvalue weighted by atomic mass is 9.93. The van der Waals surface area contributed by atoms with Gasteiger partial charge in [-0.2, -0.15) is 0 Å². The van der Waals surface area contributed by atoms with E-state index in [-0.39, 0.29) is 26.4 Å². The Bertz CT molecular complexity index is 3720. The molecule has 2 aliphatic heterocycles. The lowest BCUT2D eigenvalue weighted by molar-refractivity contribution is -0.0703. The van der Waals surface area contributed by atoms with Gasteiger partial charge in [0.05, 0.1) is 31.8 Å². The lowest BCUT2D eigenvalue weighted by Crippen LogP contribution is -2.46. The molecule has 0 saturated carbocycles. The van der Waals surface area contributed by atoms with Crippen molar-refractivity contribution in [3.8, 4) is 0 Å². The molecule has 1 spiro atoms. The van der Waals surface area contributed by atoms with Crippen molar-refractivity contribution in [1.82, 2.24) is 0 Å². The molecule has 2 heterocycles. The van der Waals surface area contributed by atoms with Crippen LogP contribution in [0, 0.1) is 5.41 Å². The fraction of sp³-hybridized carbons (Fsp3) is 0.111. The lowest BCUT2D eigenvalue weighted by Gasteiger charge is -2.45. The Morgan fingerprint density at radius 3 is 0.690 bits per heavy atom. The van der Waals surface area contributed by atoms with Crippen molar-refractivity contribution < 1.29 is 27.2 Å². The zero-order chi connectivity index (χ0) is 47.3. The van der Waals surface area contributed by atoms with Crippen molar-refractivity contribution in [3.05, 3.63) is 241 Å². The van der Waals surface area contributed by atoms with Crippen LogP contribution in [0.3, 0.4) is 0 Å². The average molecular weight is 961 g/mol. The Kier molecular flexibility index (Phi) is 9.99. The van der Waals surface area contributed by atoms with Crippen LogP contribution in [0.25, 0.3) is 86.2 Å². The second kappa shape index (κ2) is 16.6. The number of hydrogen-bond acceptors (Lipinski definition) is 6. The van der Waals surface area contributed by atoms with Crippen LogP contribution >= 0.6 is 15.2 Å². The van der Waals surface area contributed by atoms with Crippen molar-refractivity contribution in [2.45, 2.75) is 11.3 Å². The quantitative estimate of drug-likeness (QED) is 0.122. The summed E-state index contributed by atoms with van der Waals surface area (Å²) in [5.41, 5.74) is 1.02. The second-order valence-electron chi connectivity index (χ2n) is 19.7. The maximum atomic E-state index is 15.7. The summed E-state index contributed by atoms with van der Waals surface area (Å²) >= 11 is 0. The van der Waals surface area contributed by atoms with E-state index in [9.17, 15) is 0 Å². The van der Waals surface area contributed by atoms with E-state index >= 15 is 9.13 Å². The average Bonchev–Trinajstić information content (AvgIpc) is 3.40. The standard InChI is InChI=1S/C63H46O6P2/c64-70(61(53-21-17-49-25-41-9-1-5-13-45(41)29-57(49)33-53)54-22-18-50-26-42-10-2-6-14-46(42)30-58(50)34-54)66-37-63(38-67-70)39-68-71(65,69-40-63)62(55-23-19-51-27-43-11-3-7-15-47(43)31-59(51)35-55)56-24-20-52-28-44-12-4-8-16-48(44)32-60(52)36-56/h1-36,61-62H,37-40H2. The number of fused-ring (bicyclic) bond motifs is 8. The van der Waals surface area contributed by atoms with Gasteiger partial charge in [0.2, 0.25) is 0 Å². The summed E-state index contributed by atoms with van der Waals surface area (Å²) in [6.07, 6.45) is 0. The van der Waals surface area contributed by atoms with Crippen LogP contribution in [0.1, 0.15) is 33.6 Å². The van der Waals surface area contributed by atoms with Crippen molar-refractivity contribution in [1.29, 1.82) is 0 Å². The molecule has 0 amide bonds. The summed E-state index contributed by atoms with van der Waals surface area (Å²) in [5.74, 6) is 0. The molecule has 12 aromatic rings.